The van der Waals surface area contributed by atoms with E-state index in [1.54, 1.807) is 4.90 Å². The molecule has 0 radical (unpaired) electrons. The Balaban J connectivity index is 2.01. The quantitative estimate of drug-likeness (QED) is 0.682. The topological polar surface area (TPSA) is 59.0 Å². The molecule has 0 aromatic heterocycles. The molecule has 5 heteroatoms. The molecule has 14 heavy (non-hydrogen) atoms. The first-order valence-corrected chi connectivity index (χ1v) is 4.96. The van der Waals surface area contributed by atoms with E-state index in [2.05, 4.69) is 0 Å². The minimum absolute atomic E-state index is 0.0247. The predicted molar refractivity (Wildman–Crippen MR) is 47.9 cm³/mol. The zero-order valence-corrected chi connectivity index (χ0v) is 8.02. The molecule has 5 nitrogen and oxygen atoms in total. The number of hydrogen-bond donors (Lipinski definition) is 1. The van der Waals surface area contributed by atoms with Crippen molar-refractivity contribution in [3.8, 4) is 0 Å². The van der Waals surface area contributed by atoms with E-state index in [-0.39, 0.29) is 24.8 Å². The first-order valence-electron chi connectivity index (χ1n) is 4.96. The molecule has 0 aliphatic carbocycles. The number of ether oxygens (including phenoxy) is 2. The summed E-state index contributed by atoms with van der Waals surface area (Å²) in [5, 5.41) is 9.08. The molecule has 1 atom stereocenters. The normalized spacial score (nSPS) is 29.4. The maximum absolute atomic E-state index is 11.4. The molecule has 2 aliphatic rings. The van der Waals surface area contributed by atoms with Crippen LogP contribution in [0.25, 0.3) is 0 Å². The number of hydrogen-bond acceptors (Lipinski definition) is 4. The van der Waals surface area contributed by atoms with Crippen LogP contribution in [0.1, 0.15) is 12.8 Å². The van der Waals surface area contributed by atoms with E-state index in [0.717, 1.165) is 12.8 Å². The van der Waals surface area contributed by atoms with Crippen molar-refractivity contribution in [1.29, 1.82) is 0 Å². The first kappa shape index (κ1) is 9.73. The molecular formula is C9H15NO4. The van der Waals surface area contributed by atoms with Crippen molar-refractivity contribution >= 4 is 6.09 Å². The predicted octanol–water partition coefficient (Wildman–Crippen LogP) is -0.0215. The number of carbonyl (C=O) groups is 1. The van der Waals surface area contributed by atoms with Crippen LogP contribution in [0.5, 0.6) is 0 Å². The highest BCUT2D eigenvalue weighted by Gasteiger charge is 2.38. The zero-order chi connectivity index (χ0) is 9.97. The molecule has 0 aromatic rings. The Kier molecular flexibility index (Phi) is 2.88. The van der Waals surface area contributed by atoms with Crippen molar-refractivity contribution in [2.45, 2.75) is 24.9 Å². The summed E-state index contributed by atoms with van der Waals surface area (Å²) in [6.45, 7) is 1.66. The molecule has 0 saturated carbocycles. The summed E-state index contributed by atoms with van der Waals surface area (Å²) >= 11 is 0. The molecule has 2 rings (SSSR count). The summed E-state index contributed by atoms with van der Waals surface area (Å²) in [6, 6.07) is 0.0153. The lowest BCUT2D eigenvalue weighted by Gasteiger charge is -2.32. The summed E-state index contributed by atoms with van der Waals surface area (Å²) in [5.74, 6) is 0. The lowest BCUT2D eigenvalue weighted by atomic mass is 10.1. The van der Waals surface area contributed by atoms with Gasteiger partial charge in [0.15, 0.2) is 0 Å². The Morgan fingerprint density at radius 3 is 2.79 bits per heavy atom. The molecule has 2 aliphatic heterocycles. The van der Waals surface area contributed by atoms with Gasteiger partial charge in [-0.25, -0.2) is 4.79 Å². The molecule has 0 spiro atoms. The third kappa shape index (κ3) is 1.69. The molecule has 1 amide bonds. The molecule has 0 bridgehead atoms. The van der Waals surface area contributed by atoms with Crippen LogP contribution in [0.3, 0.4) is 0 Å². The highest BCUT2D eigenvalue weighted by Crippen LogP contribution is 2.22. The van der Waals surface area contributed by atoms with Gasteiger partial charge in [-0.2, -0.15) is 0 Å². The van der Waals surface area contributed by atoms with Gasteiger partial charge in [0.2, 0.25) is 0 Å². The molecule has 2 heterocycles. The monoisotopic (exact) mass is 201 g/mol. The van der Waals surface area contributed by atoms with Crippen LogP contribution in [0.15, 0.2) is 0 Å². The summed E-state index contributed by atoms with van der Waals surface area (Å²) in [6.07, 6.45) is 1.38. The van der Waals surface area contributed by atoms with E-state index in [0.29, 0.717) is 19.8 Å². The van der Waals surface area contributed by atoms with Crippen LogP contribution < -0.4 is 0 Å². The summed E-state index contributed by atoms with van der Waals surface area (Å²) in [4.78, 5) is 13.1. The van der Waals surface area contributed by atoms with Gasteiger partial charge in [0, 0.05) is 19.3 Å². The number of rotatable bonds is 2. The second kappa shape index (κ2) is 4.14. The summed E-state index contributed by atoms with van der Waals surface area (Å²) in [5.41, 5.74) is 0. The van der Waals surface area contributed by atoms with E-state index in [1.807, 2.05) is 0 Å². The van der Waals surface area contributed by atoms with Gasteiger partial charge in [0.05, 0.1) is 12.6 Å². The molecule has 2 saturated heterocycles. The fourth-order valence-electron chi connectivity index (χ4n) is 2.02. The second-order valence-electron chi connectivity index (χ2n) is 3.66. The Morgan fingerprint density at radius 2 is 2.14 bits per heavy atom. The van der Waals surface area contributed by atoms with Gasteiger partial charge in [-0.3, -0.25) is 4.90 Å². The highest BCUT2D eigenvalue weighted by molar-refractivity contribution is 5.70. The zero-order valence-electron chi connectivity index (χ0n) is 8.02. The largest absolute Gasteiger partial charge is 0.447 e. The van der Waals surface area contributed by atoms with Gasteiger partial charge in [0.25, 0.3) is 0 Å². The standard InChI is InChI=1S/C9H15NO4/c11-5-8-6-14-9(12)10(8)7-1-3-13-4-2-7/h7-8,11H,1-6H2. The van der Waals surface area contributed by atoms with E-state index in [9.17, 15) is 4.79 Å². The number of cyclic esters (lactones) is 1. The summed E-state index contributed by atoms with van der Waals surface area (Å²) < 4.78 is 10.1. The Labute approximate surface area is 82.6 Å². The lowest BCUT2D eigenvalue weighted by Crippen LogP contribution is -2.46. The van der Waals surface area contributed by atoms with Crippen LogP contribution >= 0.6 is 0 Å². The molecular weight excluding hydrogens is 186 g/mol. The molecule has 0 aromatic carbocycles. The SMILES string of the molecule is O=C1OCC(CO)N1C1CCOCC1. The van der Waals surface area contributed by atoms with Gasteiger partial charge in [-0.05, 0) is 12.8 Å². The molecule has 2 fully saturated rings. The van der Waals surface area contributed by atoms with Crippen molar-refractivity contribution in [1.82, 2.24) is 4.90 Å². The minimum Gasteiger partial charge on any atom is -0.447 e. The van der Waals surface area contributed by atoms with E-state index < -0.39 is 0 Å². The van der Waals surface area contributed by atoms with Crippen molar-refractivity contribution in [3.05, 3.63) is 0 Å². The van der Waals surface area contributed by atoms with Crippen molar-refractivity contribution < 1.29 is 19.4 Å². The summed E-state index contributed by atoms with van der Waals surface area (Å²) in [7, 11) is 0. The fourth-order valence-corrected chi connectivity index (χ4v) is 2.02. The van der Waals surface area contributed by atoms with Gasteiger partial charge in [-0.15, -0.1) is 0 Å². The third-order valence-corrected chi connectivity index (χ3v) is 2.80. The van der Waals surface area contributed by atoms with Crippen molar-refractivity contribution in [2.75, 3.05) is 26.4 Å². The van der Waals surface area contributed by atoms with Crippen LogP contribution in [0, 0.1) is 0 Å². The van der Waals surface area contributed by atoms with E-state index in [4.69, 9.17) is 14.6 Å². The first-order chi connectivity index (χ1) is 6.83. The lowest BCUT2D eigenvalue weighted by molar-refractivity contribution is 0.0336. The molecule has 1 N–H and O–H groups in total. The van der Waals surface area contributed by atoms with Gasteiger partial charge in [-0.1, -0.05) is 0 Å². The number of aliphatic hydroxyl groups excluding tert-OH is 1. The van der Waals surface area contributed by atoms with Crippen LogP contribution in [-0.2, 0) is 9.47 Å². The number of carbonyl (C=O) groups excluding carboxylic acids is 1. The van der Waals surface area contributed by atoms with Gasteiger partial charge < -0.3 is 14.6 Å². The average molecular weight is 201 g/mol. The Hall–Kier alpha value is -0.810. The average Bonchev–Trinajstić information content (AvgIpc) is 2.61. The van der Waals surface area contributed by atoms with Crippen molar-refractivity contribution in [3.63, 3.8) is 0 Å². The van der Waals surface area contributed by atoms with Crippen molar-refractivity contribution in [2.24, 2.45) is 0 Å². The minimum atomic E-state index is -0.295. The van der Waals surface area contributed by atoms with E-state index >= 15 is 0 Å². The number of nitrogens with zero attached hydrogens (tertiary/aromatic N) is 1. The number of amides is 1. The Bertz CT molecular complexity index is 215. The maximum Gasteiger partial charge on any atom is 0.410 e. The fraction of sp³-hybridized carbons (Fsp3) is 0.889. The van der Waals surface area contributed by atoms with E-state index in [1.165, 1.54) is 0 Å². The number of aliphatic hydroxyl groups is 1. The maximum atomic E-state index is 11.4. The second-order valence-corrected chi connectivity index (χ2v) is 3.66. The molecule has 80 valence electrons. The van der Waals surface area contributed by atoms with Gasteiger partial charge in [0.1, 0.15) is 6.61 Å². The highest BCUT2D eigenvalue weighted by atomic mass is 16.6. The van der Waals surface area contributed by atoms with Gasteiger partial charge >= 0.3 is 6.09 Å². The van der Waals surface area contributed by atoms with Crippen LogP contribution in [-0.4, -0.2) is 54.6 Å². The third-order valence-electron chi connectivity index (χ3n) is 2.80. The van der Waals surface area contributed by atoms with Crippen LogP contribution in [0.2, 0.25) is 0 Å². The Morgan fingerprint density at radius 1 is 1.43 bits per heavy atom. The molecule has 1 unspecified atom stereocenters. The smallest absolute Gasteiger partial charge is 0.410 e. The van der Waals surface area contributed by atoms with Crippen LogP contribution in [0.4, 0.5) is 4.79 Å².